The van der Waals surface area contributed by atoms with Gasteiger partial charge in [0.1, 0.15) is 5.69 Å². The van der Waals surface area contributed by atoms with Crippen LogP contribution in [0.3, 0.4) is 0 Å². The van der Waals surface area contributed by atoms with Gasteiger partial charge in [0.2, 0.25) is 0 Å². The van der Waals surface area contributed by atoms with Gasteiger partial charge in [0.25, 0.3) is 5.91 Å². The third-order valence-corrected chi connectivity index (χ3v) is 2.92. The van der Waals surface area contributed by atoms with E-state index >= 15 is 0 Å². The molecule has 90 valence electrons. The number of hydrogen-bond acceptors (Lipinski definition) is 2. The van der Waals surface area contributed by atoms with Crippen molar-refractivity contribution in [1.29, 1.82) is 0 Å². The van der Waals surface area contributed by atoms with Crippen molar-refractivity contribution < 1.29 is 9.90 Å². The standard InChI is InChI=1S/C12H20N2O2/c1-8(2)10(7-15)13-12(16)11-6-5-9(3)14(11)4/h5-6,8,10,15H,7H2,1-4H3,(H,13,16)/t10-/m1/s1. The van der Waals surface area contributed by atoms with Gasteiger partial charge in [-0.25, -0.2) is 0 Å². The van der Waals surface area contributed by atoms with Crippen molar-refractivity contribution in [2.75, 3.05) is 6.61 Å². The molecule has 0 spiro atoms. The Bertz CT molecular complexity index is 369. The number of aliphatic hydroxyl groups excluding tert-OH is 1. The van der Waals surface area contributed by atoms with Gasteiger partial charge in [0.15, 0.2) is 0 Å². The molecule has 1 rings (SSSR count). The van der Waals surface area contributed by atoms with E-state index in [1.54, 1.807) is 6.07 Å². The summed E-state index contributed by atoms with van der Waals surface area (Å²) in [5.74, 6) is 0.0821. The third-order valence-electron chi connectivity index (χ3n) is 2.92. The van der Waals surface area contributed by atoms with E-state index in [0.717, 1.165) is 5.69 Å². The Morgan fingerprint density at radius 1 is 1.50 bits per heavy atom. The Kier molecular flexibility index (Phi) is 4.12. The van der Waals surface area contributed by atoms with Crippen LogP contribution in [0.4, 0.5) is 0 Å². The second-order valence-corrected chi connectivity index (χ2v) is 4.43. The average molecular weight is 224 g/mol. The number of nitrogens with zero attached hydrogens (tertiary/aromatic N) is 1. The van der Waals surface area contributed by atoms with Crippen molar-refractivity contribution in [1.82, 2.24) is 9.88 Å². The maximum absolute atomic E-state index is 11.9. The molecule has 4 nitrogen and oxygen atoms in total. The van der Waals surface area contributed by atoms with Crippen LogP contribution < -0.4 is 5.32 Å². The number of rotatable bonds is 4. The average Bonchev–Trinajstić information content (AvgIpc) is 2.55. The van der Waals surface area contributed by atoms with E-state index in [1.807, 2.05) is 38.5 Å². The van der Waals surface area contributed by atoms with Gasteiger partial charge in [-0.3, -0.25) is 4.79 Å². The fourth-order valence-electron chi connectivity index (χ4n) is 1.51. The topological polar surface area (TPSA) is 54.3 Å². The molecule has 0 aliphatic heterocycles. The summed E-state index contributed by atoms with van der Waals surface area (Å²) in [4.78, 5) is 11.9. The third kappa shape index (κ3) is 2.64. The largest absolute Gasteiger partial charge is 0.394 e. The monoisotopic (exact) mass is 224 g/mol. The zero-order valence-corrected chi connectivity index (χ0v) is 10.3. The minimum absolute atomic E-state index is 0.0349. The Morgan fingerprint density at radius 2 is 2.12 bits per heavy atom. The van der Waals surface area contributed by atoms with Gasteiger partial charge in [-0.2, -0.15) is 0 Å². The molecule has 0 fully saturated rings. The van der Waals surface area contributed by atoms with Crippen LogP contribution in [0, 0.1) is 12.8 Å². The Hall–Kier alpha value is -1.29. The van der Waals surface area contributed by atoms with Crippen LogP contribution in [0.1, 0.15) is 30.0 Å². The predicted molar refractivity (Wildman–Crippen MR) is 63.3 cm³/mol. The highest BCUT2D eigenvalue weighted by atomic mass is 16.3. The quantitative estimate of drug-likeness (QED) is 0.804. The first-order valence-electron chi connectivity index (χ1n) is 5.51. The highest BCUT2D eigenvalue weighted by molar-refractivity contribution is 5.93. The first-order chi connectivity index (χ1) is 7.47. The van der Waals surface area contributed by atoms with Crippen LogP contribution in [0.25, 0.3) is 0 Å². The van der Waals surface area contributed by atoms with Gasteiger partial charge in [0, 0.05) is 12.7 Å². The zero-order chi connectivity index (χ0) is 12.3. The number of nitrogens with one attached hydrogen (secondary N) is 1. The molecule has 0 saturated heterocycles. The van der Waals surface area contributed by atoms with Crippen LogP contribution >= 0.6 is 0 Å². The van der Waals surface area contributed by atoms with E-state index in [1.165, 1.54) is 0 Å². The molecule has 0 unspecified atom stereocenters. The molecule has 2 N–H and O–H groups in total. The van der Waals surface area contributed by atoms with Crippen molar-refractivity contribution >= 4 is 5.91 Å². The lowest BCUT2D eigenvalue weighted by atomic mass is 10.1. The van der Waals surface area contributed by atoms with Gasteiger partial charge >= 0.3 is 0 Å². The summed E-state index contributed by atoms with van der Waals surface area (Å²) in [6.07, 6.45) is 0. The molecule has 0 bridgehead atoms. The molecule has 1 aromatic heterocycles. The number of aliphatic hydroxyl groups is 1. The lowest BCUT2D eigenvalue weighted by molar-refractivity contribution is 0.0888. The van der Waals surface area contributed by atoms with E-state index in [9.17, 15) is 4.79 Å². The zero-order valence-electron chi connectivity index (χ0n) is 10.3. The predicted octanol–water partition coefficient (Wildman–Crippen LogP) is 1.08. The number of carbonyl (C=O) groups is 1. The van der Waals surface area contributed by atoms with E-state index in [4.69, 9.17) is 5.11 Å². The molecule has 0 aliphatic carbocycles. The van der Waals surface area contributed by atoms with Gasteiger partial charge in [-0.15, -0.1) is 0 Å². The van der Waals surface area contributed by atoms with Crippen LogP contribution in [0.5, 0.6) is 0 Å². The molecule has 1 aromatic rings. The SMILES string of the molecule is Cc1ccc(C(=O)N[C@H](CO)C(C)C)n1C. The Morgan fingerprint density at radius 3 is 2.50 bits per heavy atom. The van der Waals surface area contributed by atoms with Crippen LogP contribution in [-0.4, -0.2) is 28.2 Å². The van der Waals surface area contributed by atoms with Crippen LogP contribution in [0.2, 0.25) is 0 Å². The normalized spacial score (nSPS) is 12.9. The number of aromatic nitrogens is 1. The summed E-state index contributed by atoms with van der Waals surface area (Å²) in [6.45, 7) is 5.85. The lowest BCUT2D eigenvalue weighted by Gasteiger charge is -2.20. The Balaban J connectivity index is 2.76. The molecule has 1 heterocycles. The van der Waals surface area contributed by atoms with Crippen molar-refractivity contribution in [2.45, 2.75) is 26.8 Å². The smallest absolute Gasteiger partial charge is 0.268 e. The first kappa shape index (κ1) is 12.8. The molecule has 0 aromatic carbocycles. The van der Waals surface area contributed by atoms with Gasteiger partial charge in [-0.05, 0) is 25.0 Å². The highest BCUT2D eigenvalue weighted by Crippen LogP contribution is 2.07. The van der Waals surface area contributed by atoms with Crippen molar-refractivity contribution in [3.63, 3.8) is 0 Å². The number of carbonyl (C=O) groups excluding carboxylic acids is 1. The fraction of sp³-hybridized carbons (Fsp3) is 0.583. The molecule has 16 heavy (non-hydrogen) atoms. The summed E-state index contributed by atoms with van der Waals surface area (Å²) in [5, 5.41) is 12.0. The van der Waals surface area contributed by atoms with Gasteiger partial charge in [-0.1, -0.05) is 13.8 Å². The van der Waals surface area contributed by atoms with Crippen molar-refractivity contribution in [3.05, 3.63) is 23.5 Å². The molecule has 1 atom stereocenters. The second-order valence-electron chi connectivity index (χ2n) is 4.43. The Labute approximate surface area is 96.3 Å². The maximum atomic E-state index is 11.9. The van der Waals surface area contributed by atoms with Crippen molar-refractivity contribution in [2.24, 2.45) is 13.0 Å². The first-order valence-corrected chi connectivity index (χ1v) is 5.51. The molecule has 0 radical (unpaired) electrons. The minimum atomic E-state index is -0.192. The molecule has 1 amide bonds. The number of aryl methyl sites for hydroxylation is 1. The maximum Gasteiger partial charge on any atom is 0.268 e. The lowest BCUT2D eigenvalue weighted by Crippen LogP contribution is -2.41. The van der Waals surface area contributed by atoms with E-state index < -0.39 is 0 Å². The summed E-state index contributed by atoms with van der Waals surface area (Å²) >= 11 is 0. The fourth-order valence-corrected chi connectivity index (χ4v) is 1.51. The molecular weight excluding hydrogens is 204 g/mol. The van der Waals surface area contributed by atoms with Crippen LogP contribution in [0.15, 0.2) is 12.1 Å². The summed E-state index contributed by atoms with van der Waals surface area (Å²) < 4.78 is 1.84. The van der Waals surface area contributed by atoms with Crippen LogP contribution in [-0.2, 0) is 7.05 Å². The highest BCUT2D eigenvalue weighted by Gasteiger charge is 2.18. The van der Waals surface area contributed by atoms with Crippen molar-refractivity contribution in [3.8, 4) is 0 Å². The molecule has 4 heteroatoms. The molecule has 0 saturated carbocycles. The molecular formula is C12H20N2O2. The van der Waals surface area contributed by atoms with E-state index in [-0.39, 0.29) is 24.5 Å². The van der Waals surface area contributed by atoms with E-state index in [0.29, 0.717) is 5.69 Å². The van der Waals surface area contributed by atoms with E-state index in [2.05, 4.69) is 5.32 Å². The van der Waals surface area contributed by atoms with Gasteiger partial charge < -0.3 is 15.0 Å². The summed E-state index contributed by atoms with van der Waals surface area (Å²) in [7, 11) is 1.85. The van der Waals surface area contributed by atoms with Gasteiger partial charge in [0.05, 0.1) is 12.6 Å². The summed E-state index contributed by atoms with van der Waals surface area (Å²) in [5.41, 5.74) is 1.66. The number of hydrogen-bond donors (Lipinski definition) is 2. The second kappa shape index (κ2) is 5.16. The summed E-state index contributed by atoms with van der Waals surface area (Å²) in [6, 6.07) is 3.50. The number of amides is 1. The minimum Gasteiger partial charge on any atom is -0.394 e. The molecule has 0 aliphatic rings.